The Hall–Kier alpha value is -0.680. The number of hydrogen-bond donors (Lipinski definition) is 1. The van der Waals surface area contributed by atoms with Crippen molar-refractivity contribution < 1.29 is 4.79 Å². The van der Waals surface area contributed by atoms with Gasteiger partial charge in [-0.25, -0.2) is 0 Å². The van der Waals surface area contributed by atoms with Crippen LogP contribution in [0.1, 0.15) is 27.2 Å². The van der Waals surface area contributed by atoms with Crippen LogP contribution in [0.15, 0.2) is 0 Å². The summed E-state index contributed by atoms with van der Waals surface area (Å²) < 4.78 is 0. The van der Waals surface area contributed by atoms with Gasteiger partial charge < -0.3 is 10.6 Å². The molecule has 0 aliphatic rings. The van der Waals surface area contributed by atoms with E-state index in [1.807, 2.05) is 39.8 Å². The zero-order chi connectivity index (χ0) is 12.9. The van der Waals surface area contributed by atoms with E-state index in [9.17, 15) is 4.79 Å². The summed E-state index contributed by atoms with van der Waals surface area (Å²) >= 11 is 4.85. The van der Waals surface area contributed by atoms with Crippen molar-refractivity contribution in [2.45, 2.75) is 39.3 Å². The first kappa shape index (κ1) is 15.3. The molecular weight excluding hydrogens is 222 g/mol. The van der Waals surface area contributed by atoms with Gasteiger partial charge in [0.25, 0.3) is 0 Å². The zero-order valence-corrected chi connectivity index (χ0v) is 11.7. The fourth-order valence-corrected chi connectivity index (χ4v) is 1.46. The topological polar surface area (TPSA) is 49.6 Å². The number of carbonyl (C=O) groups excluding carboxylic acids is 1. The van der Waals surface area contributed by atoms with Gasteiger partial charge in [-0.1, -0.05) is 12.2 Å². The van der Waals surface area contributed by atoms with Gasteiger partial charge in [0.05, 0.1) is 11.5 Å². The Bertz CT molecular complexity index is 256. The van der Waals surface area contributed by atoms with Crippen LogP contribution in [-0.2, 0) is 4.79 Å². The molecule has 0 aromatic carbocycles. The van der Waals surface area contributed by atoms with Gasteiger partial charge >= 0.3 is 0 Å². The van der Waals surface area contributed by atoms with Gasteiger partial charge in [0.15, 0.2) is 0 Å². The molecule has 0 rings (SSSR count). The van der Waals surface area contributed by atoms with Gasteiger partial charge in [0.1, 0.15) is 0 Å². The fraction of sp³-hybridized carbons (Fsp3) is 0.818. The second kappa shape index (κ2) is 6.81. The quantitative estimate of drug-likeness (QED) is 0.705. The summed E-state index contributed by atoms with van der Waals surface area (Å²) in [7, 11) is 3.73. The van der Waals surface area contributed by atoms with Gasteiger partial charge in [-0.15, -0.1) is 0 Å². The molecule has 0 fully saturated rings. The number of carbonyl (C=O) groups is 1. The average Bonchev–Trinajstić information content (AvgIpc) is 2.14. The summed E-state index contributed by atoms with van der Waals surface area (Å²) in [6, 6.07) is 0.425. The number of hydrogen-bond acceptors (Lipinski definition) is 3. The molecule has 0 saturated carbocycles. The van der Waals surface area contributed by atoms with Crippen molar-refractivity contribution in [1.29, 1.82) is 0 Å². The lowest BCUT2D eigenvalue weighted by Gasteiger charge is -2.28. The van der Waals surface area contributed by atoms with E-state index in [2.05, 4.69) is 0 Å². The lowest BCUT2D eigenvalue weighted by Crippen LogP contribution is -2.43. The highest BCUT2D eigenvalue weighted by Crippen LogP contribution is 2.03. The number of nitrogens with two attached hydrogens (primary N) is 1. The van der Waals surface area contributed by atoms with Crippen LogP contribution in [-0.4, -0.2) is 53.4 Å². The fourth-order valence-electron chi connectivity index (χ4n) is 1.22. The Morgan fingerprint density at radius 1 is 1.31 bits per heavy atom. The molecule has 0 aliphatic heterocycles. The first-order valence-electron chi connectivity index (χ1n) is 5.49. The largest absolute Gasteiger partial charge is 0.393 e. The molecule has 1 unspecified atom stereocenters. The first-order valence-corrected chi connectivity index (χ1v) is 5.90. The number of likely N-dealkylation sites (N-methyl/N-ethyl adjacent to an activating group) is 2. The Balaban J connectivity index is 4.18. The summed E-state index contributed by atoms with van der Waals surface area (Å²) in [6.07, 6.45) is 0.643. The molecule has 4 nitrogen and oxygen atoms in total. The van der Waals surface area contributed by atoms with E-state index in [4.69, 9.17) is 18.0 Å². The van der Waals surface area contributed by atoms with Crippen LogP contribution in [0.5, 0.6) is 0 Å². The minimum absolute atomic E-state index is 0.118. The highest BCUT2D eigenvalue weighted by molar-refractivity contribution is 7.80. The molecule has 5 heteroatoms. The lowest BCUT2D eigenvalue weighted by atomic mass is 10.2. The molecule has 0 aromatic heterocycles. The van der Waals surface area contributed by atoms with Crippen LogP contribution in [0.3, 0.4) is 0 Å². The predicted octanol–water partition coefficient (Wildman–Crippen LogP) is 0.850. The molecule has 2 N–H and O–H groups in total. The number of amides is 1. The van der Waals surface area contributed by atoms with Crippen LogP contribution >= 0.6 is 12.2 Å². The number of nitrogens with zero attached hydrogens (tertiary/aromatic N) is 2. The highest BCUT2D eigenvalue weighted by atomic mass is 32.1. The maximum atomic E-state index is 11.8. The second-order valence-corrected chi connectivity index (χ2v) is 5.06. The Morgan fingerprint density at radius 3 is 2.19 bits per heavy atom. The average molecular weight is 245 g/mol. The Labute approximate surface area is 104 Å². The molecule has 0 spiro atoms. The summed E-state index contributed by atoms with van der Waals surface area (Å²) in [5, 5.41) is 0. The predicted molar refractivity (Wildman–Crippen MR) is 71.4 cm³/mol. The van der Waals surface area contributed by atoms with E-state index < -0.39 is 0 Å². The van der Waals surface area contributed by atoms with E-state index >= 15 is 0 Å². The van der Waals surface area contributed by atoms with E-state index in [-0.39, 0.29) is 18.0 Å². The van der Waals surface area contributed by atoms with E-state index in [1.165, 1.54) is 0 Å². The third-order valence-corrected chi connectivity index (χ3v) is 2.97. The van der Waals surface area contributed by atoms with Gasteiger partial charge in [-0.05, 0) is 27.8 Å². The zero-order valence-electron chi connectivity index (χ0n) is 10.9. The normalized spacial score (nSPS) is 12.9. The maximum absolute atomic E-state index is 11.8. The monoisotopic (exact) mass is 245 g/mol. The number of rotatable bonds is 6. The van der Waals surface area contributed by atoms with E-state index in [0.717, 1.165) is 0 Å². The highest BCUT2D eigenvalue weighted by Gasteiger charge is 2.17. The van der Waals surface area contributed by atoms with Crippen molar-refractivity contribution in [3.8, 4) is 0 Å². The van der Waals surface area contributed by atoms with Gasteiger partial charge in [0.2, 0.25) is 5.91 Å². The third kappa shape index (κ3) is 5.42. The first-order chi connectivity index (χ1) is 7.25. The third-order valence-electron chi connectivity index (χ3n) is 2.80. The van der Waals surface area contributed by atoms with E-state index in [0.29, 0.717) is 18.0 Å². The molecule has 0 aromatic rings. The van der Waals surface area contributed by atoms with Gasteiger partial charge in [-0.2, -0.15) is 0 Å². The molecule has 0 bridgehead atoms. The van der Waals surface area contributed by atoms with Gasteiger partial charge in [-0.3, -0.25) is 9.69 Å². The van der Waals surface area contributed by atoms with Crippen molar-refractivity contribution in [2.75, 3.05) is 20.6 Å². The molecule has 0 radical (unpaired) electrons. The molecule has 16 heavy (non-hydrogen) atoms. The molecule has 0 heterocycles. The summed E-state index contributed by atoms with van der Waals surface area (Å²) in [5.41, 5.74) is 5.48. The van der Waals surface area contributed by atoms with Crippen molar-refractivity contribution in [3.05, 3.63) is 0 Å². The maximum Gasteiger partial charge on any atom is 0.236 e. The standard InChI is InChI=1S/C11H23N3OS/c1-8(2)14(5)11(15)7-13(4)9(3)6-10(12)16/h8-9H,6-7H2,1-5H3,(H2,12,16). The minimum atomic E-state index is 0.118. The summed E-state index contributed by atoms with van der Waals surface area (Å²) in [5.74, 6) is 0.118. The minimum Gasteiger partial charge on any atom is -0.393 e. The molecule has 1 atom stereocenters. The summed E-state index contributed by atoms with van der Waals surface area (Å²) in [4.78, 5) is 16.0. The second-order valence-electron chi connectivity index (χ2n) is 4.53. The van der Waals surface area contributed by atoms with Crippen molar-refractivity contribution in [2.24, 2.45) is 5.73 Å². The molecule has 0 aliphatic carbocycles. The smallest absolute Gasteiger partial charge is 0.236 e. The van der Waals surface area contributed by atoms with Crippen LogP contribution < -0.4 is 5.73 Å². The SMILES string of the molecule is CC(CC(N)=S)N(C)CC(=O)N(C)C(C)C. The van der Waals surface area contributed by atoms with Crippen molar-refractivity contribution in [3.63, 3.8) is 0 Å². The Kier molecular flexibility index (Phi) is 6.52. The molecule has 94 valence electrons. The van der Waals surface area contributed by atoms with Crippen molar-refractivity contribution >= 4 is 23.1 Å². The molecular formula is C11H23N3OS. The summed E-state index contributed by atoms with van der Waals surface area (Å²) in [6.45, 7) is 6.41. The molecule has 0 saturated heterocycles. The van der Waals surface area contributed by atoms with Crippen molar-refractivity contribution in [1.82, 2.24) is 9.80 Å². The van der Waals surface area contributed by atoms with E-state index in [1.54, 1.807) is 4.90 Å². The van der Waals surface area contributed by atoms with Gasteiger partial charge in [0, 0.05) is 25.6 Å². The van der Waals surface area contributed by atoms with Crippen LogP contribution in [0.4, 0.5) is 0 Å². The Morgan fingerprint density at radius 2 is 1.81 bits per heavy atom. The number of thiocarbonyl (C=S) groups is 1. The van der Waals surface area contributed by atoms with Crippen LogP contribution in [0.2, 0.25) is 0 Å². The molecule has 1 amide bonds. The lowest BCUT2D eigenvalue weighted by molar-refractivity contribution is -0.132. The van der Waals surface area contributed by atoms with Crippen LogP contribution in [0.25, 0.3) is 0 Å². The van der Waals surface area contributed by atoms with Crippen LogP contribution in [0, 0.1) is 0 Å².